The standard InChI is InChI=1S/C19H33ClN2O/c20-18-9-5-4-8-17(18)19(23)22-16-12-10-15(11-13-16)21-14-6-2-1-3-7-14/h14-18,21H,1-13H2,(H,22,23). The molecule has 23 heavy (non-hydrogen) atoms. The molecule has 2 atom stereocenters. The number of carbonyl (C=O) groups excluding carboxylic acids is 1. The van der Waals surface area contributed by atoms with Gasteiger partial charge in [0.15, 0.2) is 0 Å². The van der Waals surface area contributed by atoms with Gasteiger partial charge in [0.05, 0.1) is 5.92 Å². The van der Waals surface area contributed by atoms with Crippen molar-refractivity contribution in [3.8, 4) is 0 Å². The van der Waals surface area contributed by atoms with Gasteiger partial charge in [-0.1, -0.05) is 32.1 Å². The van der Waals surface area contributed by atoms with Gasteiger partial charge in [0, 0.05) is 23.5 Å². The van der Waals surface area contributed by atoms with Crippen molar-refractivity contribution in [1.82, 2.24) is 10.6 Å². The van der Waals surface area contributed by atoms with Crippen LogP contribution in [-0.4, -0.2) is 29.4 Å². The number of amides is 1. The molecule has 3 rings (SSSR count). The molecular formula is C19H33ClN2O. The molecule has 3 nitrogen and oxygen atoms in total. The predicted molar refractivity (Wildman–Crippen MR) is 95.8 cm³/mol. The first-order valence-electron chi connectivity index (χ1n) is 9.93. The molecule has 132 valence electrons. The van der Waals surface area contributed by atoms with E-state index in [-0.39, 0.29) is 17.2 Å². The van der Waals surface area contributed by atoms with Crippen molar-refractivity contribution >= 4 is 17.5 Å². The minimum atomic E-state index is 0.0449. The van der Waals surface area contributed by atoms with Gasteiger partial charge in [0.1, 0.15) is 0 Å². The summed E-state index contributed by atoms with van der Waals surface area (Å²) in [5.41, 5.74) is 0. The van der Waals surface area contributed by atoms with E-state index in [4.69, 9.17) is 11.6 Å². The number of carbonyl (C=O) groups is 1. The van der Waals surface area contributed by atoms with Crippen LogP contribution in [0.25, 0.3) is 0 Å². The highest BCUT2D eigenvalue weighted by Gasteiger charge is 2.32. The number of alkyl halides is 1. The maximum absolute atomic E-state index is 12.5. The average Bonchev–Trinajstić information content (AvgIpc) is 2.58. The summed E-state index contributed by atoms with van der Waals surface area (Å²) in [6.45, 7) is 0. The van der Waals surface area contributed by atoms with Crippen molar-refractivity contribution in [2.24, 2.45) is 5.92 Å². The average molecular weight is 341 g/mol. The second-order valence-electron chi connectivity index (χ2n) is 7.97. The molecule has 3 aliphatic rings. The van der Waals surface area contributed by atoms with Crippen LogP contribution in [0.2, 0.25) is 0 Å². The molecule has 1 amide bonds. The van der Waals surface area contributed by atoms with E-state index < -0.39 is 0 Å². The summed E-state index contributed by atoms with van der Waals surface area (Å²) in [6.07, 6.45) is 15.9. The zero-order chi connectivity index (χ0) is 16.1. The Kier molecular flexibility index (Phi) is 6.64. The van der Waals surface area contributed by atoms with Crippen molar-refractivity contribution in [1.29, 1.82) is 0 Å². The summed E-state index contributed by atoms with van der Waals surface area (Å²) in [6, 6.07) is 1.79. The Morgan fingerprint density at radius 1 is 0.696 bits per heavy atom. The molecule has 2 unspecified atom stereocenters. The smallest absolute Gasteiger partial charge is 0.224 e. The van der Waals surface area contributed by atoms with Crippen molar-refractivity contribution < 1.29 is 4.79 Å². The van der Waals surface area contributed by atoms with Gasteiger partial charge in [-0.05, 0) is 51.4 Å². The number of hydrogen-bond donors (Lipinski definition) is 2. The van der Waals surface area contributed by atoms with Crippen molar-refractivity contribution in [2.45, 2.75) is 107 Å². The number of nitrogens with one attached hydrogen (secondary N) is 2. The Balaban J connectivity index is 1.37. The van der Waals surface area contributed by atoms with Gasteiger partial charge in [-0.3, -0.25) is 4.79 Å². The molecule has 0 bridgehead atoms. The molecule has 3 fully saturated rings. The second-order valence-corrected chi connectivity index (χ2v) is 8.53. The molecule has 0 aromatic heterocycles. The van der Waals surface area contributed by atoms with E-state index in [9.17, 15) is 4.79 Å². The third kappa shape index (κ3) is 5.09. The zero-order valence-electron chi connectivity index (χ0n) is 14.4. The van der Waals surface area contributed by atoms with Gasteiger partial charge < -0.3 is 10.6 Å². The van der Waals surface area contributed by atoms with E-state index in [0.29, 0.717) is 12.1 Å². The van der Waals surface area contributed by atoms with E-state index in [1.54, 1.807) is 0 Å². The number of halogens is 1. The summed E-state index contributed by atoms with van der Waals surface area (Å²) < 4.78 is 0. The molecule has 0 aromatic carbocycles. The second kappa shape index (κ2) is 8.71. The van der Waals surface area contributed by atoms with E-state index in [1.165, 1.54) is 51.4 Å². The summed E-state index contributed by atoms with van der Waals surface area (Å²) >= 11 is 6.36. The first kappa shape index (κ1) is 17.5. The van der Waals surface area contributed by atoms with Crippen LogP contribution < -0.4 is 10.6 Å². The monoisotopic (exact) mass is 340 g/mol. The molecule has 0 aliphatic heterocycles. The highest BCUT2D eigenvalue weighted by Crippen LogP contribution is 2.29. The third-order valence-corrected chi connectivity index (χ3v) is 6.69. The zero-order valence-corrected chi connectivity index (χ0v) is 15.1. The fourth-order valence-corrected chi connectivity index (χ4v) is 5.09. The molecule has 0 spiro atoms. The lowest BCUT2D eigenvalue weighted by Gasteiger charge is -2.35. The van der Waals surface area contributed by atoms with Crippen LogP contribution in [0.4, 0.5) is 0 Å². The largest absolute Gasteiger partial charge is 0.353 e. The van der Waals surface area contributed by atoms with Crippen LogP contribution >= 0.6 is 11.6 Å². The summed E-state index contributed by atoms with van der Waals surface area (Å²) in [5, 5.41) is 7.21. The first-order valence-corrected chi connectivity index (χ1v) is 10.4. The Morgan fingerprint density at radius 3 is 1.96 bits per heavy atom. The van der Waals surface area contributed by atoms with E-state index in [0.717, 1.165) is 38.1 Å². The molecule has 3 aliphatic carbocycles. The number of hydrogen-bond acceptors (Lipinski definition) is 2. The van der Waals surface area contributed by atoms with Crippen LogP contribution in [0.15, 0.2) is 0 Å². The first-order chi connectivity index (χ1) is 11.2. The summed E-state index contributed by atoms with van der Waals surface area (Å²) in [7, 11) is 0. The molecule has 0 saturated heterocycles. The Morgan fingerprint density at radius 2 is 1.26 bits per heavy atom. The van der Waals surface area contributed by atoms with E-state index >= 15 is 0 Å². The highest BCUT2D eigenvalue weighted by atomic mass is 35.5. The Labute approximate surface area is 146 Å². The minimum Gasteiger partial charge on any atom is -0.353 e. The SMILES string of the molecule is O=C(NC1CCC(NC2CCCCC2)CC1)C1CCCCC1Cl. The number of rotatable bonds is 4. The molecule has 4 heteroatoms. The molecular weight excluding hydrogens is 308 g/mol. The predicted octanol–water partition coefficient (Wildman–Crippen LogP) is 4.13. The van der Waals surface area contributed by atoms with Gasteiger partial charge in [-0.25, -0.2) is 0 Å². The van der Waals surface area contributed by atoms with Gasteiger partial charge in [-0.2, -0.15) is 0 Å². The fourth-order valence-electron chi connectivity index (χ4n) is 4.70. The van der Waals surface area contributed by atoms with E-state index in [2.05, 4.69) is 10.6 Å². The van der Waals surface area contributed by atoms with Crippen molar-refractivity contribution in [3.63, 3.8) is 0 Å². The van der Waals surface area contributed by atoms with Crippen LogP contribution in [-0.2, 0) is 4.79 Å². The molecule has 0 aromatic rings. The lowest BCUT2D eigenvalue weighted by atomic mass is 9.86. The van der Waals surface area contributed by atoms with Gasteiger partial charge in [0.25, 0.3) is 0 Å². The molecule has 0 heterocycles. The quantitative estimate of drug-likeness (QED) is 0.755. The van der Waals surface area contributed by atoms with Crippen LogP contribution in [0, 0.1) is 5.92 Å². The van der Waals surface area contributed by atoms with Gasteiger partial charge >= 0.3 is 0 Å². The molecule has 3 saturated carbocycles. The van der Waals surface area contributed by atoms with Crippen molar-refractivity contribution in [3.05, 3.63) is 0 Å². The Bertz CT molecular complexity index is 376. The van der Waals surface area contributed by atoms with Crippen molar-refractivity contribution in [2.75, 3.05) is 0 Å². The maximum atomic E-state index is 12.5. The van der Waals surface area contributed by atoms with Crippen LogP contribution in [0.5, 0.6) is 0 Å². The summed E-state index contributed by atoms with van der Waals surface area (Å²) in [5.74, 6) is 0.261. The molecule has 0 radical (unpaired) electrons. The van der Waals surface area contributed by atoms with Crippen LogP contribution in [0.1, 0.15) is 83.5 Å². The minimum absolute atomic E-state index is 0.0449. The summed E-state index contributed by atoms with van der Waals surface area (Å²) in [4.78, 5) is 12.5. The molecule has 2 N–H and O–H groups in total. The lowest BCUT2D eigenvalue weighted by molar-refractivity contribution is -0.126. The topological polar surface area (TPSA) is 41.1 Å². The van der Waals surface area contributed by atoms with Gasteiger partial charge in [-0.15, -0.1) is 11.6 Å². The van der Waals surface area contributed by atoms with Gasteiger partial charge in [0.2, 0.25) is 5.91 Å². The van der Waals surface area contributed by atoms with Crippen LogP contribution in [0.3, 0.4) is 0 Å². The normalized spacial score (nSPS) is 36.6. The van der Waals surface area contributed by atoms with E-state index in [1.807, 2.05) is 0 Å². The third-order valence-electron chi connectivity index (χ3n) is 6.17. The Hall–Kier alpha value is -0.280. The maximum Gasteiger partial charge on any atom is 0.224 e. The highest BCUT2D eigenvalue weighted by molar-refractivity contribution is 6.22. The lowest BCUT2D eigenvalue weighted by Crippen LogP contribution is -2.47. The fraction of sp³-hybridized carbons (Fsp3) is 0.947.